The Morgan fingerprint density at radius 2 is 1.77 bits per heavy atom. The number of sulfonamides is 1. The molecule has 0 radical (unpaired) electrons. The molecule has 0 spiro atoms. The quantitative estimate of drug-likeness (QED) is 0.654. The zero-order valence-corrected chi connectivity index (χ0v) is 19.2. The van der Waals surface area contributed by atoms with Crippen molar-refractivity contribution in [3.63, 3.8) is 0 Å². The second kappa shape index (κ2) is 9.38. The van der Waals surface area contributed by atoms with Crippen molar-refractivity contribution in [3.8, 4) is 0 Å². The van der Waals surface area contributed by atoms with Gasteiger partial charge in [-0.15, -0.1) is 0 Å². The summed E-state index contributed by atoms with van der Waals surface area (Å²) in [4.78, 5) is 25.1. The fourth-order valence-corrected chi connectivity index (χ4v) is 5.02. The predicted molar refractivity (Wildman–Crippen MR) is 119 cm³/mol. The van der Waals surface area contributed by atoms with E-state index in [1.54, 1.807) is 0 Å². The molecule has 9 heteroatoms. The number of nitrogens with zero attached hydrogens (tertiary/aromatic N) is 1. The summed E-state index contributed by atoms with van der Waals surface area (Å²) in [5.41, 5.74) is 2.38. The van der Waals surface area contributed by atoms with Gasteiger partial charge in [0.2, 0.25) is 10.0 Å². The third kappa shape index (κ3) is 5.26. The maximum absolute atomic E-state index is 12.8. The standard InChI is InChI=1S/C22H25ClN2O5S/c1-14-6-7-15(2)20(12-14)24-21(26)16(3)30-22(27)18-13-17(8-9-19(18)23)31(28,29)25-10-4-5-11-25/h6-9,12-13,16H,4-5,10-11H2,1-3H3,(H,24,26). The van der Waals surface area contributed by atoms with E-state index in [0.29, 0.717) is 18.8 Å². The Kier molecular flexibility index (Phi) is 7.03. The highest BCUT2D eigenvalue weighted by molar-refractivity contribution is 7.89. The van der Waals surface area contributed by atoms with Gasteiger partial charge in [0.15, 0.2) is 6.10 Å². The van der Waals surface area contributed by atoms with Crippen LogP contribution in [0.15, 0.2) is 41.3 Å². The normalized spacial score (nSPS) is 15.5. The molecule has 0 saturated carbocycles. The highest BCUT2D eigenvalue weighted by Crippen LogP contribution is 2.26. The van der Waals surface area contributed by atoms with Crippen LogP contribution < -0.4 is 5.32 Å². The Balaban J connectivity index is 1.75. The highest BCUT2D eigenvalue weighted by atomic mass is 35.5. The summed E-state index contributed by atoms with van der Waals surface area (Å²) in [7, 11) is -3.72. The Morgan fingerprint density at radius 1 is 1.10 bits per heavy atom. The molecule has 1 amide bonds. The van der Waals surface area contributed by atoms with Gasteiger partial charge in [-0.1, -0.05) is 23.7 Å². The molecule has 1 unspecified atom stereocenters. The van der Waals surface area contributed by atoms with E-state index in [0.717, 1.165) is 24.0 Å². The minimum atomic E-state index is -3.72. The number of carbonyl (C=O) groups excluding carboxylic acids is 2. The van der Waals surface area contributed by atoms with E-state index >= 15 is 0 Å². The molecule has 3 rings (SSSR count). The molecular weight excluding hydrogens is 440 g/mol. The van der Waals surface area contributed by atoms with Crippen molar-refractivity contribution in [1.29, 1.82) is 0 Å². The average Bonchev–Trinajstić information content (AvgIpc) is 3.26. The van der Waals surface area contributed by atoms with Crippen LogP contribution in [0.25, 0.3) is 0 Å². The maximum Gasteiger partial charge on any atom is 0.340 e. The monoisotopic (exact) mass is 464 g/mol. The average molecular weight is 465 g/mol. The van der Waals surface area contributed by atoms with Crippen molar-refractivity contribution in [2.24, 2.45) is 0 Å². The molecule has 7 nitrogen and oxygen atoms in total. The highest BCUT2D eigenvalue weighted by Gasteiger charge is 2.29. The van der Waals surface area contributed by atoms with E-state index in [-0.39, 0.29) is 15.5 Å². The molecule has 1 heterocycles. The minimum Gasteiger partial charge on any atom is -0.449 e. The summed E-state index contributed by atoms with van der Waals surface area (Å²) in [5.74, 6) is -1.37. The summed E-state index contributed by atoms with van der Waals surface area (Å²) in [6.07, 6.45) is 0.492. The van der Waals surface area contributed by atoms with E-state index in [4.69, 9.17) is 16.3 Å². The smallest absolute Gasteiger partial charge is 0.340 e. The van der Waals surface area contributed by atoms with Crippen LogP contribution in [0.2, 0.25) is 5.02 Å². The lowest BCUT2D eigenvalue weighted by Gasteiger charge is -2.17. The zero-order chi connectivity index (χ0) is 22.8. The first kappa shape index (κ1) is 23.2. The van der Waals surface area contributed by atoms with Gasteiger partial charge in [-0.2, -0.15) is 4.31 Å². The largest absolute Gasteiger partial charge is 0.449 e. The van der Waals surface area contributed by atoms with Gasteiger partial charge in [0.25, 0.3) is 5.91 Å². The third-order valence-corrected chi connectivity index (χ3v) is 7.39. The molecule has 2 aromatic carbocycles. The van der Waals surface area contributed by atoms with Crippen molar-refractivity contribution >= 4 is 39.2 Å². The molecule has 0 aliphatic carbocycles. The molecule has 1 aliphatic heterocycles. The minimum absolute atomic E-state index is 0.0294. The van der Waals surface area contributed by atoms with Gasteiger partial charge in [-0.05, 0) is 69.0 Å². The number of rotatable bonds is 6. The van der Waals surface area contributed by atoms with Crippen LogP contribution in [0.4, 0.5) is 5.69 Å². The Labute approximate surface area is 187 Å². The maximum atomic E-state index is 12.8. The Morgan fingerprint density at radius 3 is 2.45 bits per heavy atom. The molecule has 1 saturated heterocycles. The first-order valence-electron chi connectivity index (χ1n) is 9.98. The van der Waals surface area contributed by atoms with Gasteiger partial charge in [-0.25, -0.2) is 13.2 Å². The number of amides is 1. The number of aryl methyl sites for hydroxylation is 2. The number of hydrogen-bond donors (Lipinski definition) is 1. The van der Waals surface area contributed by atoms with Crippen LogP contribution in [0.1, 0.15) is 41.3 Å². The molecule has 1 aliphatic rings. The van der Waals surface area contributed by atoms with Gasteiger partial charge in [-0.3, -0.25) is 4.79 Å². The number of benzene rings is 2. The number of anilines is 1. The summed E-state index contributed by atoms with van der Waals surface area (Å²) in [6, 6.07) is 9.55. The number of ether oxygens (including phenoxy) is 1. The number of halogens is 1. The third-order valence-electron chi connectivity index (χ3n) is 5.16. The molecule has 166 valence electrons. The molecule has 0 aromatic heterocycles. The summed E-state index contributed by atoms with van der Waals surface area (Å²) in [5, 5.41) is 2.79. The molecule has 1 fully saturated rings. The van der Waals surface area contributed by atoms with Crippen LogP contribution >= 0.6 is 11.6 Å². The van der Waals surface area contributed by atoms with E-state index < -0.39 is 28.0 Å². The fourth-order valence-electron chi connectivity index (χ4n) is 3.28. The fraction of sp³-hybridized carbons (Fsp3) is 0.364. The molecule has 2 aromatic rings. The lowest BCUT2D eigenvalue weighted by Crippen LogP contribution is -2.30. The van der Waals surface area contributed by atoms with Crippen molar-refractivity contribution in [2.45, 2.75) is 44.6 Å². The molecule has 1 atom stereocenters. The van der Waals surface area contributed by atoms with Crippen molar-refractivity contribution < 1.29 is 22.7 Å². The van der Waals surface area contributed by atoms with E-state index in [1.165, 1.54) is 29.4 Å². The van der Waals surface area contributed by atoms with E-state index in [2.05, 4.69) is 5.32 Å². The number of carbonyl (C=O) groups is 2. The summed E-state index contributed by atoms with van der Waals surface area (Å²) >= 11 is 6.12. The lowest BCUT2D eigenvalue weighted by atomic mass is 10.1. The first-order chi connectivity index (χ1) is 14.6. The van der Waals surface area contributed by atoms with Gasteiger partial charge in [0.05, 0.1) is 15.5 Å². The topological polar surface area (TPSA) is 92.8 Å². The number of esters is 1. The molecule has 1 N–H and O–H groups in total. The second-order valence-corrected chi connectivity index (χ2v) is 9.95. The van der Waals surface area contributed by atoms with Gasteiger partial charge >= 0.3 is 5.97 Å². The first-order valence-corrected chi connectivity index (χ1v) is 11.8. The van der Waals surface area contributed by atoms with Crippen molar-refractivity contribution in [1.82, 2.24) is 4.31 Å². The van der Waals surface area contributed by atoms with Gasteiger partial charge in [0.1, 0.15) is 0 Å². The molecule has 0 bridgehead atoms. The van der Waals surface area contributed by atoms with Crippen LogP contribution in [0.5, 0.6) is 0 Å². The van der Waals surface area contributed by atoms with E-state index in [1.807, 2.05) is 32.0 Å². The Hall–Kier alpha value is -2.42. The van der Waals surface area contributed by atoms with Crippen molar-refractivity contribution in [3.05, 3.63) is 58.1 Å². The summed E-state index contributed by atoms with van der Waals surface area (Å²) < 4.78 is 32.2. The van der Waals surface area contributed by atoms with Crippen LogP contribution in [-0.2, 0) is 19.6 Å². The SMILES string of the molecule is Cc1ccc(C)c(NC(=O)C(C)OC(=O)c2cc(S(=O)(=O)N3CCCC3)ccc2Cl)c1. The van der Waals surface area contributed by atoms with Gasteiger partial charge < -0.3 is 10.1 Å². The number of hydrogen-bond acceptors (Lipinski definition) is 5. The zero-order valence-electron chi connectivity index (χ0n) is 17.6. The predicted octanol–water partition coefficient (Wildman–Crippen LogP) is 3.93. The van der Waals surface area contributed by atoms with Crippen molar-refractivity contribution in [2.75, 3.05) is 18.4 Å². The molecular formula is C22H25ClN2O5S. The lowest BCUT2D eigenvalue weighted by molar-refractivity contribution is -0.123. The Bertz CT molecular complexity index is 1110. The molecule has 31 heavy (non-hydrogen) atoms. The second-order valence-electron chi connectivity index (χ2n) is 7.61. The van der Waals surface area contributed by atoms with Gasteiger partial charge in [0, 0.05) is 18.8 Å². The number of nitrogens with one attached hydrogen (secondary N) is 1. The van der Waals surface area contributed by atoms with Crippen LogP contribution in [-0.4, -0.2) is 43.8 Å². The van der Waals surface area contributed by atoms with E-state index in [9.17, 15) is 18.0 Å². The van der Waals surface area contributed by atoms with Crippen LogP contribution in [0.3, 0.4) is 0 Å². The summed E-state index contributed by atoms with van der Waals surface area (Å²) in [6.45, 7) is 6.10. The van der Waals surface area contributed by atoms with Crippen LogP contribution in [0, 0.1) is 13.8 Å².